The molecule has 4 heteroatoms. The summed E-state index contributed by atoms with van der Waals surface area (Å²) in [6, 6.07) is 2.25. The van der Waals surface area contributed by atoms with Gasteiger partial charge in [0.05, 0.1) is 5.56 Å². The molecule has 94 valence electrons. The molecule has 1 saturated heterocycles. The Balaban J connectivity index is 1.99. The zero-order valence-corrected chi connectivity index (χ0v) is 10.5. The van der Waals surface area contributed by atoms with E-state index < -0.39 is 0 Å². The molecule has 1 atom stereocenters. The summed E-state index contributed by atoms with van der Waals surface area (Å²) in [5, 5.41) is 3.42. The number of carbonyl (C=O) groups excluding carboxylic acids is 1. The number of furan rings is 1. The third-order valence-corrected chi connectivity index (χ3v) is 3.25. The average molecular weight is 236 g/mol. The molecule has 0 saturated carbocycles. The largest absolute Gasteiger partial charge is 0.469 e. The molecule has 1 aromatic rings. The van der Waals surface area contributed by atoms with E-state index >= 15 is 0 Å². The summed E-state index contributed by atoms with van der Waals surface area (Å²) in [5.41, 5.74) is 0.655. The zero-order valence-electron chi connectivity index (χ0n) is 10.5. The lowest BCUT2D eigenvalue weighted by atomic mass is 10.2. The number of aryl methyl sites for hydroxylation is 1. The third kappa shape index (κ3) is 2.88. The first kappa shape index (κ1) is 12.2. The molecule has 0 radical (unpaired) electrons. The molecule has 0 aromatic carbocycles. The number of amides is 1. The van der Waals surface area contributed by atoms with Crippen LogP contribution in [0.5, 0.6) is 0 Å². The highest BCUT2D eigenvalue weighted by molar-refractivity contribution is 5.94. The number of nitrogens with one attached hydrogen (secondary N) is 1. The summed E-state index contributed by atoms with van der Waals surface area (Å²) in [7, 11) is 0. The van der Waals surface area contributed by atoms with Crippen molar-refractivity contribution in [1.29, 1.82) is 0 Å². The number of hydrogen-bond donors (Lipinski definition) is 1. The van der Waals surface area contributed by atoms with E-state index in [4.69, 9.17) is 4.42 Å². The van der Waals surface area contributed by atoms with E-state index in [1.54, 1.807) is 12.3 Å². The minimum Gasteiger partial charge on any atom is -0.469 e. The third-order valence-electron chi connectivity index (χ3n) is 3.25. The standard InChI is InChI=1S/C13H20N2O2/c1-3-15(8-12-5-4-6-14-12)13(16)11-7-10(2)17-9-11/h7,9,12,14H,3-6,8H2,1-2H3. The molecule has 2 rings (SSSR count). The summed E-state index contributed by atoms with van der Waals surface area (Å²) >= 11 is 0. The van der Waals surface area contributed by atoms with Gasteiger partial charge in [-0.25, -0.2) is 0 Å². The molecule has 0 bridgehead atoms. The summed E-state index contributed by atoms with van der Waals surface area (Å²) in [6.07, 6.45) is 3.91. The van der Waals surface area contributed by atoms with E-state index in [-0.39, 0.29) is 5.91 Å². The van der Waals surface area contributed by atoms with Crippen LogP contribution in [0.4, 0.5) is 0 Å². The summed E-state index contributed by atoms with van der Waals surface area (Å²) in [5.74, 6) is 0.849. The number of rotatable bonds is 4. The maximum Gasteiger partial charge on any atom is 0.257 e. The normalized spacial score (nSPS) is 19.5. The molecular formula is C13H20N2O2. The Morgan fingerprint density at radius 1 is 1.65 bits per heavy atom. The fraction of sp³-hybridized carbons (Fsp3) is 0.615. The first-order valence-electron chi connectivity index (χ1n) is 6.28. The van der Waals surface area contributed by atoms with E-state index in [2.05, 4.69) is 5.32 Å². The molecule has 1 amide bonds. The predicted octanol–water partition coefficient (Wildman–Crippen LogP) is 1.80. The van der Waals surface area contributed by atoms with Crippen LogP contribution in [0.15, 0.2) is 16.7 Å². The fourth-order valence-electron chi connectivity index (χ4n) is 2.27. The first-order valence-corrected chi connectivity index (χ1v) is 6.28. The van der Waals surface area contributed by atoms with Crippen LogP contribution in [-0.2, 0) is 0 Å². The minimum absolute atomic E-state index is 0.0676. The molecule has 1 unspecified atom stereocenters. The lowest BCUT2D eigenvalue weighted by molar-refractivity contribution is 0.0750. The zero-order chi connectivity index (χ0) is 12.3. The van der Waals surface area contributed by atoms with Crippen LogP contribution in [0, 0.1) is 6.92 Å². The van der Waals surface area contributed by atoms with Gasteiger partial charge < -0.3 is 14.6 Å². The van der Waals surface area contributed by atoms with Crippen molar-refractivity contribution in [2.75, 3.05) is 19.6 Å². The Labute approximate surface area is 102 Å². The molecule has 1 aliphatic rings. The molecule has 2 heterocycles. The van der Waals surface area contributed by atoms with Gasteiger partial charge in [0.25, 0.3) is 5.91 Å². The number of hydrogen-bond acceptors (Lipinski definition) is 3. The lowest BCUT2D eigenvalue weighted by Crippen LogP contribution is -2.40. The second kappa shape index (κ2) is 5.36. The van der Waals surface area contributed by atoms with Gasteiger partial charge in [-0.15, -0.1) is 0 Å². The van der Waals surface area contributed by atoms with Crippen molar-refractivity contribution in [2.45, 2.75) is 32.7 Å². The first-order chi connectivity index (χ1) is 8.20. The van der Waals surface area contributed by atoms with Gasteiger partial charge >= 0.3 is 0 Å². The van der Waals surface area contributed by atoms with Crippen molar-refractivity contribution >= 4 is 5.91 Å². The van der Waals surface area contributed by atoms with Crippen molar-refractivity contribution in [1.82, 2.24) is 10.2 Å². The highest BCUT2D eigenvalue weighted by Gasteiger charge is 2.22. The number of likely N-dealkylation sites (N-methyl/N-ethyl adjacent to an activating group) is 1. The van der Waals surface area contributed by atoms with Gasteiger partial charge in [0.15, 0.2) is 0 Å². The SMILES string of the molecule is CCN(CC1CCCN1)C(=O)c1coc(C)c1. The second-order valence-corrected chi connectivity index (χ2v) is 4.58. The van der Waals surface area contributed by atoms with Gasteiger partial charge in [0, 0.05) is 19.1 Å². The molecule has 1 N–H and O–H groups in total. The minimum atomic E-state index is 0.0676. The van der Waals surface area contributed by atoms with E-state index in [9.17, 15) is 4.79 Å². The second-order valence-electron chi connectivity index (χ2n) is 4.58. The van der Waals surface area contributed by atoms with Crippen LogP contribution in [0.3, 0.4) is 0 Å². The lowest BCUT2D eigenvalue weighted by Gasteiger charge is -2.23. The maximum atomic E-state index is 12.2. The van der Waals surface area contributed by atoms with Gasteiger partial charge in [-0.3, -0.25) is 4.79 Å². The number of carbonyl (C=O) groups is 1. The van der Waals surface area contributed by atoms with Crippen molar-refractivity contribution in [3.8, 4) is 0 Å². The predicted molar refractivity (Wildman–Crippen MR) is 66.0 cm³/mol. The van der Waals surface area contributed by atoms with Crippen LogP contribution < -0.4 is 5.32 Å². The van der Waals surface area contributed by atoms with Crippen LogP contribution in [-0.4, -0.2) is 36.5 Å². The molecular weight excluding hydrogens is 216 g/mol. The molecule has 17 heavy (non-hydrogen) atoms. The smallest absolute Gasteiger partial charge is 0.257 e. The van der Waals surface area contributed by atoms with Crippen LogP contribution >= 0.6 is 0 Å². The van der Waals surface area contributed by atoms with Gasteiger partial charge in [0.1, 0.15) is 12.0 Å². The van der Waals surface area contributed by atoms with E-state index in [1.807, 2.05) is 18.7 Å². The number of nitrogens with zero attached hydrogens (tertiary/aromatic N) is 1. The maximum absolute atomic E-state index is 12.2. The topological polar surface area (TPSA) is 45.5 Å². The Hall–Kier alpha value is -1.29. The van der Waals surface area contributed by atoms with E-state index in [0.717, 1.165) is 31.8 Å². The van der Waals surface area contributed by atoms with Gasteiger partial charge in [-0.2, -0.15) is 0 Å². The summed E-state index contributed by atoms with van der Waals surface area (Å²) in [4.78, 5) is 14.1. The molecule has 4 nitrogen and oxygen atoms in total. The Morgan fingerprint density at radius 3 is 3.00 bits per heavy atom. The van der Waals surface area contributed by atoms with Gasteiger partial charge in [-0.05, 0) is 39.3 Å². The van der Waals surface area contributed by atoms with E-state index in [0.29, 0.717) is 11.6 Å². The molecule has 0 spiro atoms. The van der Waals surface area contributed by atoms with Crippen LogP contribution in [0.2, 0.25) is 0 Å². The van der Waals surface area contributed by atoms with Gasteiger partial charge in [-0.1, -0.05) is 0 Å². The Morgan fingerprint density at radius 2 is 2.47 bits per heavy atom. The molecule has 0 aliphatic carbocycles. The van der Waals surface area contributed by atoms with Crippen molar-refractivity contribution < 1.29 is 9.21 Å². The van der Waals surface area contributed by atoms with Crippen molar-refractivity contribution in [2.24, 2.45) is 0 Å². The monoisotopic (exact) mass is 236 g/mol. The van der Waals surface area contributed by atoms with Crippen molar-refractivity contribution in [3.63, 3.8) is 0 Å². The summed E-state index contributed by atoms with van der Waals surface area (Å²) in [6.45, 7) is 6.47. The fourth-order valence-corrected chi connectivity index (χ4v) is 2.27. The van der Waals surface area contributed by atoms with Crippen LogP contribution in [0.1, 0.15) is 35.9 Å². The Bertz CT molecular complexity index is 381. The van der Waals surface area contributed by atoms with Crippen molar-refractivity contribution in [3.05, 3.63) is 23.7 Å². The Kier molecular flexibility index (Phi) is 3.84. The molecule has 1 fully saturated rings. The van der Waals surface area contributed by atoms with Gasteiger partial charge in [0.2, 0.25) is 0 Å². The van der Waals surface area contributed by atoms with Crippen LogP contribution in [0.25, 0.3) is 0 Å². The highest BCUT2D eigenvalue weighted by Crippen LogP contribution is 2.12. The quantitative estimate of drug-likeness (QED) is 0.867. The molecule has 1 aromatic heterocycles. The highest BCUT2D eigenvalue weighted by atomic mass is 16.3. The summed E-state index contributed by atoms with van der Waals surface area (Å²) < 4.78 is 5.19. The average Bonchev–Trinajstić information content (AvgIpc) is 2.96. The van der Waals surface area contributed by atoms with E-state index in [1.165, 1.54) is 6.42 Å². The molecule has 1 aliphatic heterocycles.